The molecule has 0 unspecified atom stereocenters. The minimum atomic E-state index is -0.544. The highest BCUT2D eigenvalue weighted by molar-refractivity contribution is 6.17. The van der Waals surface area contributed by atoms with Crippen molar-refractivity contribution in [2.24, 2.45) is 0 Å². The Labute approximate surface area is 394 Å². The Kier molecular flexibility index (Phi) is 8.23. The van der Waals surface area contributed by atoms with Gasteiger partial charge in [-0.25, -0.2) is 0 Å². The lowest BCUT2D eigenvalue weighted by molar-refractivity contribution is 0.590. The van der Waals surface area contributed by atoms with Gasteiger partial charge in [0.25, 0.3) is 0 Å². The van der Waals surface area contributed by atoms with Crippen LogP contribution in [0.5, 0.6) is 0 Å². The molecule has 0 saturated carbocycles. The lowest BCUT2D eigenvalue weighted by Crippen LogP contribution is -2.28. The second-order valence-electron chi connectivity index (χ2n) is 21.2. The van der Waals surface area contributed by atoms with Crippen LogP contribution in [0.25, 0.3) is 55.3 Å². The van der Waals surface area contributed by atoms with Crippen LogP contribution in [0.4, 0.5) is 17.1 Å². The SMILES string of the molecule is CC(C)(C)c1ccc2oc3ccc4c(c3c2c1)-c1c(N(c2cccc(C3(c5ccccc5)c5ccccc5-c5ccccc53)c2)c2ccc3c(c2)C(C)(C)c2ccccc2-3)cccc1C4(C)C. The van der Waals surface area contributed by atoms with Gasteiger partial charge in [0.1, 0.15) is 11.2 Å². The molecule has 0 aliphatic heterocycles. The molecule has 1 heterocycles. The van der Waals surface area contributed by atoms with Crippen molar-refractivity contribution in [2.45, 2.75) is 70.1 Å². The molecule has 67 heavy (non-hydrogen) atoms. The average molecular weight is 864 g/mol. The standard InChI is InChI=1S/C65H53NO/c1-62(2,3)41-31-35-57-49(38-41)59-58(67-57)36-34-54-61(59)60-53(64(54,6)7)29-18-30-56(60)66(44-32-33-48-45-23-11-14-26-50(45)63(4,5)55(48)39-44)43-22-17-21-42(37-43)65(40-19-9-8-10-20-40)51-27-15-12-24-46(51)47-25-13-16-28-52(47)65/h8-39H,1-7H3. The molecule has 13 rings (SSSR count). The fourth-order valence-corrected chi connectivity index (χ4v) is 12.6. The highest BCUT2D eigenvalue weighted by atomic mass is 16.3. The summed E-state index contributed by atoms with van der Waals surface area (Å²) in [4.78, 5) is 2.57. The van der Waals surface area contributed by atoms with Crippen LogP contribution in [0, 0.1) is 0 Å². The maximum absolute atomic E-state index is 6.77. The third-order valence-electron chi connectivity index (χ3n) is 15.9. The van der Waals surface area contributed by atoms with Crippen molar-refractivity contribution >= 4 is 39.0 Å². The van der Waals surface area contributed by atoms with Crippen molar-refractivity contribution in [1.82, 2.24) is 0 Å². The van der Waals surface area contributed by atoms with E-state index in [-0.39, 0.29) is 16.2 Å². The Morgan fingerprint density at radius 3 is 1.67 bits per heavy atom. The van der Waals surface area contributed by atoms with Gasteiger partial charge in [0.15, 0.2) is 0 Å². The van der Waals surface area contributed by atoms with Crippen LogP contribution >= 0.6 is 0 Å². The third kappa shape index (κ3) is 5.39. The smallest absolute Gasteiger partial charge is 0.136 e. The summed E-state index contributed by atoms with van der Waals surface area (Å²) in [5.41, 5.74) is 23.8. The summed E-state index contributed by atoms with van der Waals surface area (Å²) in [6, 6.07) is 73.2. The number of hydrogen-bond acceptors (Lipinski definition) is 2. The summed E-state index contributed by atoms with van der Waals surface area (Å²) in [6.45, 7) is 16.5. The predicted octanol–water partition coefficient (Wildman–Crippen LogP) is 17.3. The highest BCUT2D eigenvalue weighted by Gasteiger charge is 2.47. The van der Waals surface area contributed by atoms with Gasteiger partial charge in [-0.3, -0.25) is 0 Å². The van der Waals surface area contributed by atoms with Crippen molar-refractivity contribution in [2.75, 3.05) is 4.90 Å². The van der Waals surface area contributed by atoms with Crippen LogP contribution in [-0.4, -0.2) is 0 Å². The van der Waals surface area contributed by atoms with Gasteiger partial charge in [-0.15, -0.1) is 0 Å². The van der Waals surface area contributed by atoms with E-state index in [9.17, 15) is 0 Å². The van der Waals surface area contributed by atoms with Crippen LogP contribution in [0.1, 0.15) is 98.5 Å². The van der Waals surface area contributed by atoms with E-state index in [1.54, 1.807) is 0 Å². The number of rotatable bonds is 5. The van der Waals surface area contributed by atoms with E-state index in [0.717, 1.165) is 28.2 Å². The molecule has 0 bridgehead atoms. The molecule has 2 nitrogen and oxygen atoms in total. The Bertz CT molecular complexity index is 3640. The minimum absolute atomic E-state index is 0.0155. The molecule has 324 valence electrons. The van der Waals surface area contributed by atoms with Crippen LogP contribution in [0.15, 0.2) is 199 Å². The minimum Gasteiger partial charge on any atom is -0.456 e. The zero-order valence-corrected chi connectivity index (χ0v) is 39.3. The van der Waals surface area contributed by atoms with Gasteiger partial charge in [-0.1, -0.05) is 194 Å². The van der Waals surface area contributed by atoms with Gasteiger partial charge in [-0.05, 0) is 132 Å². The van der Waals surface area contributed by atoms with Crippen molar-refractivity contribution in [3.63, 3.8) is 0 Å². The van der Waals surface area contributed by atoms with Crippen LogP contribution in [0.3, 0.4) is 0 Å². The van der Waals surface area contributed by atoms with E-state index in [0.29, 0.717) is 0 Å². The molecule has 0 amide bonds. The van der Waals surface area contributed by atoms with Crippen LogP contribution < -0.4 is 4.90 Å². The van der Waals surface area contributed by atoms with Crippen molar-refractivity contribution < 1.29 is 4.42 Å². The molecule has 2 heteroatoms. The lowest BCUT2D eigenvalue weighted by atomic mass is 9.67. The zero-order chi connectivity index (χ0) is 45.6. The number of nitrogens with zero attached hydrogens (tertiary/aromatic N) is 1. The largest absolute Gasteiger partial charge is 0.456 e. The molecular formula is C65H53NO. The summed E-state index contributed by atoms with van der Waals surface area (Å²) in [7, 11) is 0. The average Bonchev–Trinajstić information content (AvgIpc) is 4.01. The van der Waals surface area contributed by atoms with Gasteiger partial charge >= 0.3 is 0 Å². The number of anilines is 3. The molecule has 10 aromatic rings. The molecule has 1 aromatic heterocycles. The highest BCUT2D eigenvalue weighted by Crippen LogP contribution is 2.60. The van der Waals surface area contributed by atoms with Crippen LogP contribution in [0.2, 0.25) is 0 Å². The molecule has 0 spiro atoms. The molecule has 0 N–H and O–H groups in total. The second kappa shape index (κ2) is 13.8. The summed E-state index contributed by atoms with van der Waals surface area (Å²) >= 11 is 0. The maximum atomic E-state index is 6.77. The number of furan rings is 1. The van der Waals surface area contributed by atoms with E-state index < -0.39 is 5.41 Å². The topological polar surface area (TPSA) is 16.4 Å². The first-order chi connectivity index (χ1) is 32.4. The van der Waals surface area contributed by atoms with Crippen molar-refractivity contribution in [3.05, 3.63) is 244 Å². The molecular weight excluding hydrogens is 811 g/mol. The van der Waals surface area contributed by atoms with E-state index in [2.05, 4.69) is 247 Å². The molecule has 3 aliphatic rings. The lowest BCUT2D eigenvalue weighted by Gasteiger charge is -2.35. The second-order valence-corrected chi connectivity index (χ2v) is 21.2. The first-order valence-electron chi connectivity index (χ1n) is 23.9. The van der Waals surface area contributed by atoms with E-state index in [4.69, 9.17) is 4.42 Å². The van der Waals surface area contributed by atoms with Gasteiger partial charge in [-0.2, -0.15) is 0 Å². The Balaban J connectivity index is 1.12. The molecule has 0 atom stereocenters. The molecule has 3 aliphatic carbocycles. The Hall–Kier alpha value is -7.42. The Morgan fingerprint density at radius 1 is 0.403 bits per heavy atom. The van der Waals surface area contributed by atoms with Gasteiger partial charge in [0, 0.05) is 38.5 Å². The molecule has 0 fully saturated rings. The summed E-state index contributed by atoms with van der Waals surface area (Å²) in [5, 5.41) is 2.37. The summed E-state index contributed by atoms with van der Waals surface area (Å²) in [5.74, 6) is 0. The number of hydrogen-bond donors (Lipinski definition) is 0. The summed E-state index contributed by atoms with van der Waals surface area (Å²) in [6.07, 6.45) is 0. The summed E-state index contributed by atoms with van der Waals surface area (Å²) < 4.78 is 6.77. The van der Waals surface area contributed by atoms with E-state index in [1.165, 1.54) is 94.2 Å². The van der Waals surface area contributed by atoms with Gasteiger partial charge in [0.2, 0.25) is 0 Å². The first kappa shape index (κ1) is 39.9. The zero-order valence-electron chi connectivity index (χ0n) is 39.3. The maximum Gasteiger partial charge on any atom is 0.136 e. The normalized spacial score (nSPS) is 15.4. The van der Waals surface area contributed by atoms with Gasteiger partial charge in [0.05, 0.1) is 11.1 Å². The quantitative estimate of drug-likeness (QED) is 0.171. The fourth-order valence-electron chi connectivity index (χ4n) is 12.6. The monoisotopic (exact) mass is 863 g/mol. The first-order valence-corrected chi connectivity index (χ1v) is 23.9. The van der Waals surface area contributed by atoms with Gasteiger partial charge < -0.3 is 9.32 Å². The van der Waals surface area contributed by atoms with E-state index in [1.807, 2.05) is 0 Å². The number of fused-ring (bicyclic) bond motifs is 13. The molecule has 0 radical (unpaired) electrons. The van der Waals surface area contributed by atoms with Crippen molar-refractivity contribution in [3.8, 4) is 33.4 Å². The molecule has 9 aromatic carbocycles. The Morgan fingerprint density at radius 2 is 0.955 bits per heavy atom. The third-order valence-corrected chi connectivity index (χ3v) is 15.9. The van der Waals surface area contributed by atoms with Crippen molar-refractivity contribution in [1.29, 1.82) is 0 Å². The fraction of sp³-hybridized carbons (Fsp3) is 0.169. The predicted molar refractivity (Wildman–Crippen MR) is 280 cm³/mol. The number of benzene rings is 9. The van der Waals surface area contributed by atoms with E-state index >= 15 is 0 Å². The van der Waals surface area contributed by atoms with Crippen LogP contribution in [-0.2, 0) is 21.7 Å². The molecule has 0 saturated heterocycles.